The van der Waals surface area contributed by atoms with Gasteiger partial charge in [0.25, 0.3) is 0 Å². The summed E-state index contributed by atoms with van der Waals surface area (Å²) in [4.78, 5) is 0. The fourth-order valence-electron chi connectivity index (χ4n) is 1.65. The van der Waals surface area contributed by atoms with Gasteiger partial charge in [0.05, 0.1) is 12.7 Å². The second kappa shape index (κ2) is 4.78. The molecular formula is C12H16F2O2. The molecule has 1 atom stereocenters. The molecule has 90 valence electrons. The van der Waals surface area contributed by atoms with Gasteiger partial charge in [0, 0.05) is 0 Å². The van der Waals surface area contributed by atoms with Crippen LogP contribution >= 0.6 is 0 Å². The molecule has 1 aromatic rings. The van der Waals surface area contributed by atoms with Gasteiger partial charge >= 0.3 is 0 Å². The highest BCUT2D eigenvalue weighted by molar-refractivity contribution is 5.34. The summed E-state index contributed by atoms with van der Waals surface area (Å²) in [6.45, 7) is 3.48. The SMILES string of the molecule is CCC[C@@](C)(O)c1cc(F)c(F)c(OC)c1. The van der Waals surface area contributed by atoms with Crippen molar-refractivity contribution in [3.63, 3.8) is 0 Å². The number of methoxy groups -OCH3 is 1. The molecule has 0 fully saturated rings. The first kappa shape index (κ1) is 12.9. The molecule has 0 saturated carbocycles. The minimum atomic E-state index is -1.17. The average Bonchev–Trinajstić information content (AvgIpc) is 2.21. The van der Waals surface area contributed by atoms with E-state index in [1.807, 2.05) is 6.92 Å². The summed E-state index contributed by atoms with van der Waals surface area (Å²) in [5.41, 5.74) is -0.846. The first-order valence-corrected chi connectivity index (χ1v) is 5.18. The third-order valence-corrected chi connectivity index (χ3v) is 2.57. The van der Waals surface area contributed by atoms with Gasteiger partial charge < -0.3 is 9.84 Å². The molecule has 0 aliphatic carbocycles. The highest BCUT2D eigenvalue weighted by Gasteiger charge is 2.25. The third kappa shape index (κ3) is 2.50. The fourth-order valence-corrected chi connectivity index (χ4v) is 1.65. The molecule has 0 heterocycles. The van der Waals surface area contributed by atoms with Crippen LogP contribution in [0.3, 0.4) is 0 Å². The maximum Gasteiger partial charge on any atom is 0.200 e. The van der Waals surface area contributed by atoms with Crippen molar-refractivity contribution in [2.45, 2.75) is 32.3 Å². The molecule has 0 unspecified atom stereocenters. The molecule has 0 spiro atoms. The molecule has 4 heteroatoms. The zero-order valence-electron chi connectivity index (χ0n) is 9.68. The van der Waals surface area contributed by atoms with Gasteiger partial charge in [0.1, 0.15) is 0 Å². The first-order valence-electron chi connectivity index (χ1n) is 5.18. The highest BCUT2D eigenvalue weighted by Crippen LogP contribution is 2.31. The fraction of sp³-hybridized carbons (Fsp3) is 0.500. The summed E-state index contributed by atoms with van der Waals surface area (Å²) in [6, 6.07) is 2.33. The van der Waals surface area contributed by atoms with E-state index in [2.05, 4.69) is 0 Å². The molecule has 1 N–H and O–H groups in total. The third-order valence-electron chi connectivity index (χ3n) is 2.57. The lowest BCUT2D eigenvalue weighted by Gasteiger charge is -2.23. The lowest BCUT2D eigenvalue weighted by Crippen LogP contribution is -2.21. The number of hydrogen-bond donors (Lipinski definition) is 1. The van der Waals surface area contributed by atoms with Crippen LogP contribution in [0.4, 0.5) is 8.78 Å². The summed E-state index contributed by atoms with van der Waals surface area (Å²) in [5, 5.41) is 10.1. The Balaban J connectivity index is 3.20. The van der Waals surface area contributed by atoms with Crippen molar-refractivity contribution >= 4 is 0 Å². The van der Waals surface area contributed by atoms with E-state index in [-0.39, 0.29) is 5.75 Å². The van der Waals surface area contributed by atoms with E-state index in [1.165, 1.54) is 13.2 Å². The Morgan fingerprint density at radius 1 is 1.38 bits per heavy atom. The second-order valence-corrected chi connectivity index (χ2v) is 4.00. The van der Waals surface area contributed by atoms with Gasteiger partial charge in [-0.1, -0.05) is 13.3 Å². The van der Waals surface area contributed by atoms with E-state index >= 15 is 0 Å². The molecule has 0 saturated heterocycles. The highest BCUT2D eigenvalue weighted by atomic mass is 19.2. The van der Waals surface area contributed by atoms with Crippen molar-refractivity contribution in [1.29, 1.82) is 0 Å². The monoisotopic (exact) mass is 230 g/mol. The van der Waals surface area contributed by atoms with E-state index in [4.69, 9.17) is 4.74 Å². The Bertz CT molecular complexity index is 376. The molecule has 0 amide bonds. The van der Waals surface area contributed by atoms with E-state index in [1.54, 1.807) is 6.92 Å². The van der Waals surface area contributed by atoms with Crippen molar-refractivity contribution in [3.05, 3.63) is 29.3 Å². The van der Waals surface area contributed by atoms with Crippen LogP contribution in [-0.4, -0.2) is 12.2 Å². The predicted octanol–water partition coefficient (Wildman–Crippen LogP) is 2.98. The van der Waals surface area contributed by atoms with Gasteiger partial charge in [-0.15, -0.1) is 0 Å². The summed E-state index contributed by atoms with van der Waals surface area (Å²) in [6.07, 6.45) is 1.22. The molecule has 1 rings (SSSR count). The Labute approximate surface area is 93.9 Å². The Hall–Kier alpha value is -1.16. The maximum absolute atomic E-state index is 13.2. The van der Waals surface area contributed by atoms with Crippen molar-refractivity contribution in [2.75, 3.05) is 7.11 Å². The van der Waals surface area contributed by atoms with Crippen LogP contribution in [0.2, 0.25) is 0 Å². The molecular weight excluding hydrogens is 214 g/mol. The molecule has 16 heavy (non-hydrogen) atoms. The zero-order chi connectivity index (χ0) is 12.3. The summed E-state index contributed by atoms with van der Waals surface area (Å²) in [7, 11) is 1.26. The Morgan fingerprint density at radius 3 is 2.50 bits per heavy atom. The molecule has 0 bridgehead atoms. The largest absolute Gasteiger partial charge is 0.494 e. The normalized spacial score (nSPS) is 14.6. The lowest BCUT2D eigenvalue weighted by atomic mass is 9.91. The van der Waals surface area contributed by atoms with E-state index in [0.717, 1.165) is 12.5 Å². The van der Waals surface area contributed by atoms with Gasteiger partial charge in [0.15, 0.2) is 11.6 Å². The number of aliphatic hydroxyl groups is 1. The standard InChI is InChI=1S/C12H16F2O2/c1-4-5-12(2,15)8-6-9(13)11(14)10(7-8)16-3/h6-7,15H,4-5H2,1-3H3/t12-/m1/s1. The minimum Gasteiger partial charge on any atom is -0.494 e. The minimum absolute atomic E-state index is 0.189. The quantitative estimate of drug-likeness (QED) is 0.861. The van der Waals surface area contributed by atoms with Crippen molar-refractivity contribution in [3.8, 4) is 5.75 Å². The Morgan fingerprint density at radius 2 is 2.00 bits per heavy atom. The topological polar surface area (TPSA) is 29.5 Å². The lowest BCUT2D eigenvalue weighted by molar-refractivity contribution is 0.0462. The summed E-state index contributed by atoms with van der Waals surface area (Å²) in [5.74, 6) is -2.23. The zero-order valence-corrected chi connectivity index (χ0v) is 9.68. The van der Waals surface area contributed by atoms with Gasteiger partial charge in [-0.05, 0) is 31.0 Å². The van der Waals surface area contributed by atoms with Crippen LogP contribution in [0.15, 0.2) is 12.1 Å². The molecule has 1 aromatic carbocycles. The van der Waals surface area contributed by atoms with E-state index in [9.17, 15) is 13.9 Å². The molecule has 0 aromatic heterocycles. The average molecular weight is 230 g/mol. The predicted molar refractivity (Wildman–Crippen MR) is 57.4 cm³/mol. The molecule has 0 aliphatic rings. The second-order valence-electron chi connectivity index (χ2n) is 4.00. The van der Waals surface area contributed by atoms with Gasteiger partial charge in [-0.3, -0.25) is 0 Å². The van der Waals surface area contributed by atoms with Crippen LogP contribution in [0.1, 0.15) is 32.3 Å². The number of ether oxygens (including phenoxy) is 1. The first-order chi connectivity index (χ1) is 7.42. The molecule has 0 radical (unpaired) electrons. The van der Waals surface area contributed by atoms with E-state index in [0.29, 0.717) is 12.0 Å². The number of hydrogen-bond acceptors (Lipinski definition) is 2. The number of halogens is 2. The molecule has 0 aliphatic heterocycles. The summed E-state index contributed by atoms with van der Waals surface area (Å²) >= 11 is 0. The van der Waals surface area contributed by atoms with E-state index < -0.39 is 17.2 Å². The van der Waals surface area contributed by atoms with Gasteiger partial charge in [0.2, 0.25) is 5.82 Å². The van der Waals surface area contributed by atoms with Gasteiger partial charge in [-0.2, -0.15) is 4.39 Å². The maximum atomic E-state index is 13.2. The van der Waals surface area contributed by atoms with Crippen LogP contribution in [0.5, 0.6) is 5.75 Å². The molecule has 2 nitrogen and oxygen atoms in total. The smallest absolute Gasteiger partial charge is 0.200 e. The van der Waals surface area contributed by atoms with Crippen molar-refractivity contribution in [1.82, 2.24) is 0 Å². The van der Waals surface area contributed by atoms with Crippen LogP contribution < -0.4 is 4.74 Å². The van der Waals surface area contributed by atoms with Crippen LogP contribution in [0.25, 0.3) is 0 Å². The van der Waals surface area contributed by atoms with Crippen molar-refractivity contribution in [2.24, 2.45) is 0 Å². The van der Waals surface area contributed by atoms with Crippen LogP contribution in [-0.2, 0) is 5.60 Å². The Kier molecular flexibility index (Phi) is 3.86. The van der Waals surface area contributed by atoms with Crippen LogP contribution in [0, 0.1) is 11.6 Å². The number of rotatable bonds is 4. The van der Waals surface area contributed by atoms with Crippen molar-refractivity contribution < 1.29 is 18.6 Å². The van der Waals surface area contributed by atoms with Gasteiger partial charge in [-0.25, -0.2) is 4.39 Å². The number of benzene rings is 1. The summed E-state index contributed by atoms with van der Waals surface area (Å²) < 4.78 is 31.1.